The largest absolute Gasteiger partial charge is 0.356 e. The van der Waals surface area contributed by atoms with Gasteiger partial charge >= 0.3 is 0 Å². The average Bonchev–Trinajstić information content (AvgIpc) is 2.74. The minimum atomic E-state index is -0.181. The third kappa shape index (κ3) is 5.71. The van der Waals surface area contributed by atoms with Crippen LogP contribution in [0, 0.1) is 5.92 Å². The second-order valence-electron chi connectivity index (χ2n) is 7.73. The van der Waals surface area contributed by atoms with Gasteiger partial charge in [0.15, 0.2) is 0 Å². The van der Waals surface area contributed by atoms with Crippen molar-refractivity contribution in [2.75, 3.05) is 6.54 Å². The fourth-order valence-electron chi connectivity index (χ4n) is 3.86. The molecule has 0 heterocycles. The normalized spacial score (nSPS) is 12.2. The van der Waals surface area contributed by atoms with Gasteiger partial charge in [0.25, 0.3) is 0 Å². The summed E-state index contributed by atoms with van der Waals surface area (Å²) in [5.74, 6) is 0.349. The van der Waals surface area contributed by atoms with E-state index in [9.17, 15) is 4.79 Å². The van der Waals surface area contributed by atoms with Crippen LogP contribution >= 0.6 is 11.6 Å². The average molecular weight is 406 g/mol. The van der Waals surface area contributed by atoms with Gasteiger partial charge in [0, 0.05) is 17.5 Å². The van der Waals surface area contributed by atoms with E-state index in [1.54, 1.807) is 0 Å². The molecule has 1 N–H and O–H groups in total. The summed E-state index contributed by atoms with van der Waals surface area (Å²) in [4.78, 5) is 13.0. The van der Waals surface area contributed by atoms with Gasteiger partial charge < -0.3 is 5.32 Å². The highest BCUT2D eigenvalue weighted by atomic mass is 35.5. The van der Waals surface area contributed by atoms with Crippen LogP contribution in [0.1, 0.15) is 48.8 Å². The summed E-state index contributed by atoms with van der Waals surface area (Å²) in [6, 6.07) is 28.6. The van der Waals surface area contributed by atoms with E-state index in [1.807, 2.05) is 36.4 Å². The Morgan fingerprint density at radius 1 is 0.793 bits per heavy atom. The number of hydrogen-bond acceptors (Lipinski definition) is 1. The molecule has 0 saturated carbocycles. The molecule has 1 atom stereocenters. The van der Waals surface area contributed by atoms with Crippen LogP contribution in [0.15, 0.2) is 84.9 Å². The summed E-state index contributed by atoms with van der Waals surface area (Å²) in [7, 11) is 0. The first kappa shape index (κ1) is 21.1. The number of rotatable bonds is 8. The van der Waals surface area contributed by atoms with Crippen LogP contribution in [0.2, 0.25) is 5.02 Å². The molecule has 3 heteroatoms. The molecule has 3 aromatic rings. The quantitative estimate of drug-likeness (QED) is 0.460. The van der Waals surface area contributed by atoms with E-state index in [1.165, 1.54) is 11.1 Å². The highest BCUT2D eigenvalue weighted by Crippen LogP contribution is 2.29. The molecular weight excluding hydrogens is 378 g/mol. The van der Waals surface area contributed by atoms with Crippen LogP contribution in [0.4, 0.5) is 0 Å². The molecule has 0 saturated heterocycles. The lowest BCUT2D eigenvalue weighted by molar-refractivity contribution is -0.123. The van der Waals surface area contributed by atoms with E-state index < -0.39 is 0 Å². The molecule has 0 unspecified atom stereocenters. The van der Waals surface area contributed by atoms with Crippen LogP contribution in [-0.4, -0.2) is 12.5 Å². The maximum atomic E-state index is 13.0. The zero-order valence-corrected chi connectivity index (χ0v) is 17.8. The van der Waals surface area contributed by atoms with Gasteiger partial charge in [-0.3, -0.25) is 4.79 Å². The van der Waals surface area contributed by atoms with Gasteiger partial charge in [0.1, 0.15) is 0 Å². The number of amides is 1. The molecule has 3 rings (SSSR count). The first-order chi connectivity index (χ1) is 14.1. The fraction of sp³-hybridized carbons (Fsp3) is 0.269. The zero-order chi connectivity index (χ0) is 20.6. The minimum absolute atomic E-state index is 0.0715. The maximum absolute atomic E-state index is 13.0. The Balaban J connectivity index is 1.69. The molecule has 0 bridgehead atoms. The van der Waals surface area contributed by atoms with E-state index in [0.717, 1.165) is 12.0 Å². The second kappa shape index (κ2) is 10.3. The summed E-state index contributed by atoms with van der Waals surface area (Å²) < 4.78 is 0. The van der Waals surface area contributed by atoms with Gasteiger partial charge in [-0.05, 0) is 41.2 Å². The summed E-state index contributed by atoms with van der Waals surface area (Å²) in [6.45, 7) is 4.79. The Labute approximate surface area is 178 Å². The number of carbonyl (C=O) groups excluding carboxylic acids is 1. The van der Waals surface area contributed by atoms with Crippen molar-refractivity contribution in [3.05, 3.63) is 107 Å². The fourth-order valence-corrected chi connectivity index (χ4v) is 3.98. The number of halogens is 1. The Kier molecular flexibility index (Phi) is 7.48. The molecule has 0 spiro atoms. The van der Waals surface area contributed by atoms with Crippen molar-refractivity contribution in [1.29, 1.82) is 0 Å². The molecular formula is C26H28ClNO. The predicted molar refractivity (Wildman–Crippen MR) is 121 cm³/mol. The molecule has 0 aliphatic rings. The molecule has 29 heavy (non-hydrogen) atoms. The Bertz CT molecular complexity index is 852. The van der Waals surface area contributed by atoms with Gasteiger partial charge in [-0.1, -0.05) is 98.2 Å². The molecule has 0 aliphatic heterocycles. The minimum Gasteiger partial charge on any atom is -0.356 e. The van der Waals surface area contributed by atoms with Gasteiger partial charge in [-0.2, -0.15) is 0 Å². The second-order valence-corrected chi connectivity index (χ2v) is 8.16. The maximum Gasteiger partial charge on any atom is 0.227 e. The number of carbonyl (C=O) groups is 1. The van der Waals surface area contributed by atoms with E-state index in [-0.39, 0.29) is 23.7 Å². The molecule has 2 nitrogen and oxygen atoms in total. The lowest BCUT2D eigenvalue weighted by atomic mass is 9.87. The van der Waals surface area contributed by atoms with Crippen molar-refractivity contribution < 1.29 is 4.79 Å². The van der Waals surface area contributed by atoms with E-state index in [2.05, 4.69) is 67.7 Å². The molecule has 3 aromatic carbocycles. The van der Waals surface area contributed by atoms with E-state index in [0.29, 0.717) is 11.6 Å². The number of benzene rings is 3. The first-order valence-corrected chi connectivity index (χ1v) is 10.6. The van der Waals surface area contributed by atoms with Crippen LogP contribution in [0.3, 0.4) is 0 Å². The van der Waals surface area contributed by atoms with Crippen molar-refractivity contribution in [2.45, 2.75) is 32.1 Å². The van der Waals surface area contributed by atoms with Crippen molar-refractivity contribution in [2.24, 2.45) is 5.92 Å². The summed E-state index contributed by atoms with van der Waals surface area (Å²) in [5.41, 5.74) is 3.54. The summed E-state index contributed by atoms with van der Waals surface area (Å²) in [6.07, 6.45) is 0.852. The zero-order valence-electron chi connectivity index (χ0n) is 17.0. The molecule has 0 aliphatic carbocycles. The Hall–Kier alpha value is -2.58. The number of nitrogens with one attached hydrogen (secondary N) is 1. The summed E-state index contributed by atoms with van der Waals surface area (Å²) >= 11 is 6.01. The van der Waals surface area contributed by atoms with Gasteiger partial charge in [0.2, 0.25) is 5.91 Å². The van der Waals surface area contributed by atoms with Crippen LogP contribution < -0.4 is 5.32 Å². The van der Waals surface area contributed by atoms with Crippen LogP contribution in [0.5, 0.6) is 0 Å². The van der Waals surface area contributed by atoms with Crippen molar-refractivity contribution in [1.82, 2.24) is 5.32 Å². The summed E-state index contributed by atoms with van der Waals surface area (Å²) in [5, 5.41) is 3.86. The lowest BCUT2D eigenvalue weighted by Crippen LogP contribution is -2.33. The van der Waals surface area contributed by atoms with E-state index >= 15 is 0 Å². The molecule has 0 fully saturated rings. The predicted octanol–water partition coefficient (Wildman–Crippen LogP) is 6.42. The first-order valence-electron chi connectivity index (χ1n) is 10.2. The van der Waals surface area contributed by atoms with Gasteiger partial charge in [-0.15, -0.1) is 0 Å². The molecule has 0 aromatic heterocycles. The third-order valence-corrected chi connectivity index (χ3v) is 5.57. The van der Waals surface area contributed by atoms with E-state index in [4.69, 9.17) is 11.6 Å². The molecule has 1 amide bonds. The standard InChI is InChI=1S/C26H28ClNO/c1-19(2)25(22-13-15-23(27)16-14-22)26(29)28-18-17-24(20-9-5-3-6-10-20)21-11-7-4-8-12-21/h3-16,19,24-25H,17-18H2,1-2H3,(H,28,29)/t25-/m0/s1. The van der Waals surface area contributed by atoms with Crippen molar-refractivity contribution >= 4 is 17.5 Å². The van der Waals surface area contributed by atoms with Crippen LogP contribution in [0.25, 0.3) is 0 Å². The smallest absolute Gasteiger partial charge is 0.227 e. The highest BCUT2D eigenvalue weighted by molar-refractivity contribution is 6.30. The topological polar surface area (TPSA) is 29.1 Å². The third-order valence-electron chi connectivity index (χ3n) is 5.31. The van der Waals surface area contributed by atoms with Crippen molar-refractivity contribution in [3.63, 3.8) is 0 Å². The Morgan fingerprint density at radius 3 is 1.79 bits per heavy atom. The monoisotopic (exact) mass is 405 g/mol. The Morgan fingerprint density at radius 2 is 1.31 bits per heavy atom. The molecule has 150 valence electrons. The van der Waals surface area contributed by atoms with Gasteiger partial charge in [-0.25, -0.2) is 0 Å². The highest BCUT2D eigenvalue weighted by Gasteiger charge is 2.24. The number of hydrogen-bond donors (Lipinski definition) is 1. The van der Waals surface area contributed by atoms with Gasteiger partial charge in [0.05, 0.1) is 5.92 Å². The SMILES string of the molecule is CC(C)[C@H](C(=O)NCCC(c1ccccc1)c1ccccc1)c1ccc(Cl)cc1. The van der Waals surface area contributed by atoms with Crippen LogP contribution in [-0.2, 0) is 4.79 Å². The van der Waals surface area contributed by atoms with Crippen molar-refractivity contribution in [3.8, 4) is 0 Å². The lowest BCUT2D eigenvalue weighted by Gasteiger charge is -2.23. The molecule has 0 radical (unpaired) electrons.